The van der Waals surface area contributed by atoms with Crippen LogP contribution in [-0.2, 0) is 6.54 Å². The third-order valence-corrected chi connectivity index (χ3v) is 4.18. The maximum Gasteiger partial charge on any atom is 0.268 e. The fraction of sp³-hybridized carbons (Fsp3) is 0.333. The van der Waals surface area contributed by atoms with Crippen molar-refractivity contribution >= 4 is 33.3 Å². The molecule has 0 aliphatic heterocycles. The standard InChI is InChI=1S/C12H15N3OS2/c1-2-5-17-7-4-13-8-10-14-9-3-6-18-11(9)12(16)15-10/h2-3,6,13H,1,4-5,7-8H2,(H,14,15,16). The zero-order valence-corrected chi connectivity index (χ0v) is 11.6. The number of hydrogen-bond donors (Lipinski definition) is 2. The molecule has 0 unspecified atom stereocenters. The number of thioether (sulfide) groups is 1. The van der Waals surface area contributed by atoms with E-state index < -0.39 is 0 Å². The maximum absolute atomic E-state index is 11.7. The Kier molecular flexibility index (Phi) is 4.98. The van der Waals surface area contributed by atoms with Gasteiger partial charge in [0.1, 0.15) is 10.5 Å². The number of H-pyrrole nitrogens is 1. The van der Waals surface area contributed by atoms with E-state index >= 15 is 0 Å². The molecule has 0 aliphatic rings. The summed E-state index contributed by atoms with van der Waals surface area (Å²) < 4.78 is 0.695. The molecule has 0 aliphatic carbocycles. The molecule has 96 valence electrons. The van der Waals surface area contributed by atoms with E-state index in [1.807, 2.05) is 29.3 Å². The van der Waals surface area contributed by atoms with E-state index in [-0.39, 0.29) is 5.56 Å². The van der Waals surface area contributed by atoms with Crippen molar-refractivity contribution in [3.05, 3.63) is 40.3 Å². The molecule has 2 rings (SSSR count). The first kappa shape index (κ1) is 13.3. The summed E-state index contributed by atoms with van der Waals surface area (Å²) in [5, 5.41) is 5.15. The van der Waals surface area contributed by atoms with Crippen LogP contribution in [0.1, 0.15) is 5.82 Å². The summed E-state index contributed by atoms with van der Waals surface area (Å²) in [6.45, 7) is 5.16. The SMILES string of the molecule is C=CCSCCNCc1nc2ccsc2c(=O)[nH]1. The minimum absolute atomic E-state index is 0.0483. The van der Waals surface area contributed by atoms with Crippen LogP contribution in [0.25, 0.3) is 10.2 Å². The average molecular weight is 281 g/mol. The van der Waals surface area contributed by atoms with E-state index in [4.69, 9.17) is 0 Å². The summed E-state index contributed by atoms with van der Waals surface area (Å²) in [5.41, 5.74) is 0.731. The molecule has 0 spiro atoms. The Morgan fingerprint density at radius 1 is 1.61 bits per heavy atom. The summed E-state index contributed by atoms with van der Waals surface area (Å²) in [7, 11) is 0. The van der Waals surface area contributed by atoms with Gasteiger partial charge in [0, 0.05) is 18.1 Å². The molecule has 0 aromatic carbocycles. The smallest absolute Gasteiger partial charge is 0.268 e. The van der Waals surface area contributed by atoms with Gasteiger partial charge < -0.3 is 10.3 Å². The van der Waals surface area contributed by atoms with Crippen LogP contribution in [0.2, 0.25) is 0 Å². The Bertz CT molecular complexity index is 576. The second kappa shape index (κ2) is 6.72. The molecule has 0 radical (unpaired) electrons. The molecule has 2 heterocycles. The molecule has 2 aromatic heterocycles. The lowest BCUT2D eigenvalue weighted by atomic mass is 10.4. The van der Waals surface area contributed by atoms with Crippen LogP contribution >= 0.6 is 23.1 Å². The number of aromatic amines is 1. The molecule has 2 aromatic rings. The summed E-state index contributed by atoms with van der Waals surface area (Å²) in [6, 6.07) is 1.87. The largest absolute Gasteiger partial charge is 0.309 e. The zero-order chi connectivity index (χ0) is 12.8. The van der Waals surface area contributed by atoms with Crippen LogP contribution in [-0.4, -0.2) is 28.0 Å². The van der Waals surface area contributed by atoms with E-state index in [2.05, 4.69) is 21.9 Å². The van der Waals surface area contributed by atoms with Crippen molar-refractivity contribution in [2.45, 2.75) is 6.54 Å². The lowest BCUT2D eigenvalue weighted by Crippen LogP contribution is -2.21. The first-order valence-electron chi connectivity index (χ1n) is 5.67. The van der Waals surface area contributed by atoms with E-state index in [1.54, 1.807) is 0 Å². The van der Waals surface area contributed by atoms with Gasteiger partial charge in [-0.15, -0.1) is 17.9 Å². The van der Waals surface area contributed by atoms with Gasteiger partial charge in [0.15, 0.2) is 0 Å². The molecule has 0 atom stereocenters. The minimum atomic E-state index is -0.0483. The van der Waals surface area contributed by atoms with Crippen molar-refractivity contribution in [1.29, 1.82) is 0 Å². The Labute approximate surface area is 114 Å². The van der Waals surface area contributed by atoms with Gasteiger partial charge in [-0.25, -0.2) is 4.98 Å². The summed E-state index contributed by atoms with van der Waals surface area (Å²) >= 11 is 3.24. The first-order valence-corrected chi connectivity index (χ1v) is 7.70. The summed E-state index contributed by atoms with van der Waals surface area (Å²) in [5.74, 6) is 2.69. The molecule has 18 heavy (non-hydrogen) atoms. The van der Waals surface area contributed by atoms with Crippen molar-refractivity contribution in [3.63, 3.8) is 0 Å². The first-order chi connectivity index (χ1) is 8.81. The number of fused-ring (bicyclic) bond motifs is 1. The molecule has 2 N–H and O–H groups in total. The van der Waals surface area contributed by atoms with Crippen LogP contribution in [0.4, 0.5) is 0 Å². The third-order valence-electron chi connectivity index (χ3n) is 2.32. The number of rotatable bonds is 7. The van der Waals surface area contributed by atoms with Gasteiger partial charge >= 0.3 is 0 Å². The fourth-order valence-corrected chi connectivity index (χ4v) is 2.87. The van der Waals surface area contributed by atoms with E-state index in [0.717, 1.165) is 23.6 Å². The number of thiophene rings is 1. The Morgan fingerprint density at radius 2 is 2.50 bits per heavy atom. The van der Waals surface area contributed by atoms with E-state index in [1.165, 1.54) is 11.3 Å². The van der Waals surface area contributed by atoms with Gasteiger partial charge in [-0.2, -0.15) is 11.8 Å². The molecule has 0 bridgehead atoms. The highest BCUT2D eigenvalue weighted by Crippen LogP contribution is 2.13. The minimum Gasteiger partial charge on any atom is -0.309 e. The zero-order valence-electron chi connectivity index (χ0n) is 9.94. The predicted molar refractivity (Wildman–Crippen MR) is 79.5 cm³/mol. The average Bonchev–Trinajstić information content (AvgIpc) is 2.82. The number of aromatic nitrogens is 2. The molecule has 6 heteroatoms. The van der Waals surface area contributed by atoms with Crippen LogP contribution in [0.5, 0.6) is 0 Å². The van der Waals surface area contributed by atoms with E-state index in [0.29, 0.717) is 17.1 Å². The van der Waals surface area contributed by atoms with Gasteiger partial charge in [-0.05, 0) is 11.4 Å². The van der Waals surface area contributed by atoms with Gasteiger partial charge in [0.25, 0.3) is 5.56 Å². The highest BCUT2D eigenvalue weighted by Gasteiger charge is 2.04. The van der Waals surface area contributed by atoms with Crippen molar-refractivity contribution in [2.75, 3.05) is 18.1 Å². The lowest BCUT2D eigenvalue weighted by Gasteiger charge is -2.03. The molecule has 0 fully saturated rings. The van der Waals surface area contributed by atoms with Gasteiger partial charge in [0.05, 0.1) is 12.1 Å². The Balaban J connectivity index is 1.88. The number of hydrogen-bond acceptors (Lipinski definition) is 5. The van der Waals surface area contributed by atoms with Crippen molar-refractivity contribution in [1.82, 2.24) is 15.3 Å². The van der Waals surface area contributed by atoms with Crippen LogP contribution in [0.15, 0.2) is 28.9 Å². The molecule has 4 nitrogen and oxygen atoms in total. The molecule has 0 amide bonds. The lowest BCUT2D eigenvalue weighted by molar-refractivity contribution is 0.696. The second-order valence-corrected chi connectivity index (χ2v) is 5.75. The number of nitrogens with zero attached hydrogens (tertiary/aromatic N) is 1. The molecule has 0 saturated carbocycles. The third kappa shape index (κ3) is 3.44. The molecule has 0 saturated heterocycles. The monoisotopic (exact) mass is 281 g/mol. The van der Waals surface area contributed by atoms with E-state index in [9.17, 15) is 4.79 Å². The fourth-order valence-electron chi connectivity index (χ4n) is 1.52. The Morgan fingerprint density at radius 3 is 3.33 bits per heavy atom. The summed E-state index contributed by atoms with van der Waals surface area (Å²) in [4.78, 5) is 18.9. The summed E-state index contributed by atoms with van der Waals surface area (Å²) in [6.07, 6.45) is 1.90. The van der Waals surface area contributed by atoms with Gasteiger partial charge in [0.2, 0.25) is 0 Å². The van der Waals surface area contributed by atoms with Gasteiger partial charge in [-0.1, -0.05) is 6.08 Å². The molecular weight excluding hydrogens is 266 g/mol. The molecular formula is C12H15N3OS2. The Hall–Kier alpha value is -1.11. The van der Waals surface area contributed by atoms with Gasteiger partial charge in [-0.3, -0.25) is 4.79 Å². The van der Waals surface area contributed by atoms with Crippen molar-refractivity contribution in [3.8, 4) is 0 Å². The second-order valence-electron chi connectivity index (χ2n) is 3.69. The van der Waals surface area contributed by atoms with Crippen molar-refractivity contribution < 1.29 is 0 Å². The predicted octanol–water partition coefficient (Wildman–Crippen LogP) is 1.99. The topological polar surface area (TPSA) is 57.8 Å². The highest BCUT2D eigenvalue weighted by atomic mass is 32.2. The van der Waals surface area contributed by atoms with Crippen molar-refractivity contribution in [2.24, 2.45) is 0 Å². The van der Waals surface area contributed by atoms with Crippen LogP contribution in [0, 0.1) is 0 Å². The van der Waals surface area contributed by atoms with Crippen LogP contribution < -0.4 is 10.9 Å². The maximum atomic E-state index is 11.7. The van der Waals surface area contributed by atoms with Crippen LogP contribution in [0.3, 0.4) is 0 Å². The quantitative estimate of drug-likeness (QED) is 0.602. The highest BCUT2D eigenvalue weighted by molar-refractivity contribution is 7.99. The normalized spacial score (nSPS) is 10.9. The number of nitrogens with one attached hydrogen (secondary N) is 2.